The molecule has 0 bridgehead atoms. The van der Waals surface area contributed by atoms with Crippen molar-refractivity contribution in [3.8, 4) is 0 Å². The predicted molar refractivity (Wildman–Crippen MR) is 78.1 cm³/mol. The Morgan fingerprint density at radius 2 is 2.37 bits per heavy atom. The van der Waals surface area contributed by atoms with E-state index < -0.39 is 0 Å². The lowest BCUT2D eigenvalue weighted by molar-refractivity contribution is 0.147. The first-order valence-corrected chi connectivity index (χ1v) is 6.89. The van der Waals surface area contributed by atoms with Crippen molar-refractivity contribution in [2.75, 3.05) is 33.4 Å². The van der Waals surface area contributed by atoms with Gasteiger partial charge in [-0.25, -0.2) is 0 Å². The topological polar surface area (TPSA) is 37.6 Å². The van der Waals surface area contributed by atoms with Crippen LogP contribution in [-0.4, -0.2) is 38.3 Å². The van der Waals surface area contributed by atoms with Gasteiger partial charge in [0.05, 0.1) is 19.4 Å². The van der Waals surface area contributed by atoms with Crippen LogP contribution in [0.25, 0.3) is 0 Å². The van der Waals surface area contributed by atoms with Crippen LogP contribution < -0.4 is 5.32 Å². The fourth-order valence-corrected chi connectivity index (χ4v) is 1.87. The molecule has 0 saturated heterocycles. The molecule has 0 aliphatic carbocycles. The Labute approximate surface area is 116 Å². The van der Waals surface area contributed by atoms with Crippen LogP contribution in [0.15, 0.2) is 29.4 Å². The summed E-state index contributed by atoms with van der Waals surface area (Å²) in [5, 5.41) is 3.37. The molecule has 0 aliphatic rings. The van der Waals surface area contributed by atoms with Crippen LogP contribution in [0.1, 0.15) is 24.7 Å². The van der Waals surface area contributed by atoms with Crippen molar-refractivity contribution in [1.82, 2.24) is 10.2 Å². The molecule has 0 atom stereocenters. The molecule has 4 heteroatoms. The van der Waals surface area contributed by atoms with E-state index in [1.807, 2.05) is 12.3 Å². The van der Waals surface area contributed by atoms with Crippen LogP contribution in [0.4, 0.5) is 0 Å². The lowest BCUT2D eigenvalue weighted by Gasteiger charge is -2.18. The second-order valence-corrected chi connectivity index (χ2v) is 4.61. The van der Waals surface area contributed by atoms with E-state index in [9.17, 15) is 0 Å². The molecule has 4 nitrogen and oxygen atoms in total. The highest BCUT2D eigenvalue weighted by Gasteiger charge is 2.08. The van der Waals surface area contributed by atoms with E-state index >= 15 is 0 Å². The maximum atomic E-state index is 5.60. The van der Waals surface area contributed by atoms with Crippen LogP contribution in [0, 0.1) is 0 Å². The van der Waals surface area contributed by atoms with Crippen LogP contribution in [0.2, 0.25) is 0 Å². The van der Waals surface area contributed by atoms with Crippen molar-refractivity contribution >= 4 is 0 Å². The molecule has 1 aromatic rings. The number of furan rings is 1. The third-order valence-corrected chi connectivity index (χ3v) is 2.84. The van der Waals surface area contributed by atoms with E-state index in [0.29, 0.717) is 0 Å². The molecule has 1 heterocycles. The molecular weight excluding hydrogens is 240 g/mol. The maximum Gasteiger partial charge on any atom is 0.118 e. The SMILES string of the molecule is C=CCN(CCOC)Cc1cc(CNCCC)co1. The Balaban J connectivity index is 2.42. The van der Waals surface area contributed by atoms with E-state index in [1.165, 1.54) is 5.56 Å². The Morgan fingerprint density at radius 1 is 1.53 bits per heavy atom. The molecule has 108 valence electrons. The molecule has 0 amide bonds. The normalized spacial score (nSPS) is 11.1. The summed E-state index contributed by atoms with van der Waals surface area (Å²) in [6, 6.07) is 2.12. The third kappa shape index (κ3) is 6.57. The molecule has 0 saturated carbocycles. The Kier molecular flexibility index (Phi) is 8.21. The van der Waals surface area contributed by atoms with Crippen molar-refractivity contribution in [1.29, 1.82) is 0 Å². The van der Waals surface area contributed by atoms with E-state index in [2.05, 4.69) is 29.8 Å². The minimum absolute atomic E-state index is 0.722. The van der Waals surface area contributed by atoms with Gasteiger partial charge in [0, 0.05) is 32.3 Å². The van der Waals surface area contributed by atoms with Crippen molar-refractivity contribution in [3.63, 3.8) is 0 Å². The van der Waals surface area contributed by atoms with Gasteiger partial charge in [0.1, 0.15) is 5.76 Å². The summed E-state index contributed by atoms with van der Waals surface area (Å²) in [4.78, 5) is 2.25. The number of nitrogens with one attached hydrogen (secondary N) is 1. The van der Waals surface area contributed by atoms with Crippen molar-refractivity contribution in [2.45, 2.75) is 26.4 Å². The lowest BCUT2D eigenvalue weighted by atomic mass is 10.3. The van der Waals surface area contributed by atoms with Crippen LogP contribution in [0.3, 0.4) is 0 Å². The number of hydrogen-bond donors (Lipinski definition) is 1. The van der Waals surface area contributed by atoms with Crippen molar-refractivity contribution < 1.29 is 9.15 Å². The van der Waals surface area contributed by atoms with Gasteiger partial charge in [-0.1, -0.05) is 13.0 Å². The van der Waals surface area contributed by atoms with Gasteiger partial charge < -0.3 is 14.5 Å². The Hall–Kier alpha value is -1.10. The highest BCUT2D eigenvalue weighted by Crippen LogP contribution is 2.10. The van der Waals surface area contributed by atoms with E-state index in [0.717, 1.165) is 51.5 Å². The molecule has 0 spiro atoms. The minimum atomic E-state index is 0.722. The van der Waals surface area contributed by atoms with Gasteiger partial charge in [-0.15, -0.1) is 6.58 Å². The van der Waals surface area contributed by atoms with Crippen LogP contribution >= 0.6 is 0 Å². The first-order chi connectivity index (χ1) is 9.30. The minimum Gasteiger partial charge on any atom is -0.468 e. The predicted octanol–water partition coefficient (Wildman–Crippen LogP) is 2.41. The lowest BCUT2D eigenvalue weighted by Crippen LogP contribution is -2.26. The molecule has 0 aromatic carbocycles. The molecule has 0 unspecified atom stereocenters. The maximum absolute atomic E-state index is 5.60. The fourth-order valence-electron chi connectivity index (χ4n) is 1.87. The van der Waals surface area contributed by atoms with Crippen molar-refractivity contribution in [3.05, 3.63) is 36.3 Å². The monoisotopic (exact) mass is 266 g/mol. The number of hydrogen-bond acceptors (Lipinski definition) is 4. The average Bonchev–Trinajstić information content (AvgIpc) is 2.84. The molecular formula is C15H26N2O2. The zero-order valence-corrected chi connectivity index (χ0v) is 12.2. The molecule has 1 N–H and O–H groups in total. The van der Waals surface area contributed by atoms with Crippen LogP contribution in [-0.2, 0) is 17.8 Å². The second kappa shape index (κ2) is 9.78. The molecule has 1 aromatic heterocycles. The number of nitrogens with zero attached hydrogens (tertiary/aromatic N) is 1. The largest absolute Gasteiger partial charge is 0.468 e. The highest BCUT2D eigenvalue weighted by atomic mass is 16.5. The first-order valence-electron chi connectivity index (χ1n) is 6.89. The summed E-state index contributed by atoms with van der Waals surface area (Å²) in [6.07, 6.45) is 4.89. The molecule has 1 rings (SSSR count). The molecule has 0 fully saturated rings. The summed E-state index contributed by atoms with van der Waals surface area (Å²) in [6.45, 7) is 11.1. The van der Waals surface area contributed by atoms with Crippen molar-refractivity contribution in [2.24, 2.45) is 0 Å². The van der Waals surface area contributed by atoms with Gasteiger partial charge in [-0.2, -0.15) is 0 Å². The molecule has 0 radical (unpaired) electrons. The standard InChI is InChI=1S/C15H26N2O2/c1-4-6-16-11-14-10-15(19-13-14)12-17(7-5-2)8-9-18-3/h5,10,13,16H,2,4,6-9,11-12H2,1,3H3. The van der Waals surface area contributed by atoms with Gasteiger partial charge in [0.25, 0.3) is 0 Å². The second-order valence-electron chi connectivity index (χ2n) is 4.61. The number of methoxy groups -OCH3 is 1. The van der Waals surface area contributed by atoms with E-state index in [4.69, 9.17) is 9.15 Å². The summed E-state index contributed by atoms with van der Waals surface area (Å²) >= 11 is 0. The number of ether oxygens (including phenoxy) is 1. The quantitative estimate of drug-likeness (QED) is 0.493. The third-order valence-electron chi connectivity index (χ3n) is 2.84. The molecule has 0 aliphatic heterocycles. The summed E-state index contributed by atoms with van der Waals surface area (Å²) in [5.41, 5.74) is 1.20. The molecule has 19 heavy (non-hydrogen) atoms. The van der Waals surface area contributed by atoms with Gasteiger partial charge in [-0.3, -0.25) is 4.90 Å². The van der Waals surface area contributed by atoms with E-state index in [1.54, 1.807) is 7.11 Å². The zero-order valence-electron chi connectivity index (χ0n) is 12.2. The van der Waals surface area contributed by atoms with Gasteiger partial charge in [0.15, 0.2) is 0 Å². The first kappa shape index (κ1) is 16.0. The van der Waals surface area contributed by atoms with E-state index in [-0.39, 0.29) is 0 Å². The highest BCUT2D eigenvalue weighted by molar-refractivity contribution is 5.12. The summed E-state index contributed by atoms with van der Waals surface area (Å²) in [5.74, 6) is 0.992. The Bertz CT molecular complexity index is 350. The van der Waals surface area contributed by atoms with Crippen LogP contribution in [0.5, 0.6) is 0 Å². The zero-order chi connectivity index (χ0) is 13.9. The Morgan fingerprint density at radius 3 is 3.05 bits per heavy atom. The summed E-state index contributed by atoms with van der Waals surface area (Å²) in [7, 11) is 1.72. The number of rotatable bonds is 11. The smallest absolute Gasteiger partial charge is 0.118 e. The summed E-state index contributed by atoms with van der Waals surface area (Å²) < 4.78 is 10.7. The van der Waals surface area contributed by atoms with Gasteiger partial charge in [-0.05, 0) is 19.0 Å². The van der Waals surface area contributed by atoms with Gasteiger partial charge >= 0.3 is 0 Å². The average molecular weight is 266 g/mol. The fraction of sp³-hybridized carbons (Fsp3) is 0.600. The van der Waals surface area contributed by atoms with Gasteiger partial charge in [0.2, 0.25) is 0 Å².